The largest absolute Gasteiger partial charge is 0.481 e. The third-order valence-corrected chi connectivity index (χ3v) is 5.34. The summed E-state index contributed by atoms with van der Waals surface area (Å²) >= 11 is 1.68. The van der Waals surface area contributed by atoms with E-state index in [0.717, 1.165) is 29.8 Å². The van der Waals surface area contributed by atoms with Crippen LogP contribution >= 0.6 is 11.3 Å². The first-order valence-corrected chi connectivity index (χ1v) is 8.80. The topological polar surface area (TPSA) is 70.5 Å². The number of piperidine rings is 1. The number of carboxylic acid groups (broad SMARTS) is 1. The molecule has 1 aromatic heterocycles. The SMILES string of the molecule is O=C(O)C1CCCN(C(=O)CCCc2nc3ccccc3s2)C1. The van der Waals surface area contributed by atoms with Crippen molar-refractivity contribution >= 4 is 33.4 Å². The number of carbonyl (C=O) groups is 2. The number of amides is 1. The molecule has 1 atom stereocenters. The fourth-order valence-corrected chi connectivity index (χ4v) is 3.99. The van der Waals surface area contributed by atoms with Crippen molar-refractivity contribution in [2.45, 2.75) is 32.1 Å². The molecule has 1 amide bonds. The first kappa shape index (κ1) is 15.9. The Balaban J connectivity index is 1.50. The summed E-state index contributed by atoms with van der Waals surface area (Å²) in [6.07, 6.45) is 3.46. The Hall–Kier alpha value is -1.95. The molecule has 2 heterocycles. The number of rotatable bonds is 5. The second kappa shape index (κ2) is 7.08. The molecule has 0 saturated carbocycles. The predicted molar refractivity (Wildman–Crippen MR) is 89.5 cm³/mol. The quantitative estimate of drug-likeness (QED) is 0.914. The molecule has 1 aromatic carbocycles. The van der Waals surface area contributed by atoms with E-state index in [1.54, 1.807) is 16.2 Å². The molecule has 1 N–H and O–H groups in total. The number of aromatic nitrogens is 1. The van der Waals surface area contributed by atoms with E-state index in [-0.39, 0.29) is 5.91 Å². The Labute approximate surface area is 138 Å². The van der Waals surface area contributed by atoms with Gasteiger partial charge in [0.05, 0.1) is 21.1 Å². The van der Waals surface area contributed by atoms with E-state index in [4.69, 9.17) is 5.11 Å². The molecule has 0 aliphatic carbocycles. The Morgan fingerprint density at radius 1 is 1.35 bits per heavy atom. The van der Waals surface area contributed by atoms with Gasteiger partial charge in [0.2, 0.25) is 5.91 Å². The van der Waals surface area contributed by atoms with Gasteiger partial charge in [0.15, 0.2) is 0 Å². The smallest absolute Gasteiger partial charge is 0.308 e. The average Bonchev–Trinajstić information content (AvgIpc) is 2.97. The lowest BCUT2D eigenvalue weighted by Crippen LogP contribution is -2.42. The molecule has 2 aromatic rings. The normalized spacial score (nSPS) is 18.3. The molecule has 0 bridgehead atoms. The number of carbonyl (C=O) groups excluding carboxylic acids is 1. The second-order valence-corrected chi connectivity index (χ2v) is 7.06. The number of benzene rings is 1. The average molecular weight is 332 g/mol. The fourth-order valence-electron chi connectivity index (χ4n) is 2.98. The third kappa shape index (κ3) is 3.88. The maximum absolute atomic E-state index is 12.2. The van der Waals surface area contributed by atoms with Crippen LogP contribution in [-0.4, -0.2) is 40.0 Å². The van der Waals surface area contributed by atoms with Gasteiger partial charge >= 0.3 is 5.97 Å². The van der Waals surface area contributed by atoms with Crippen LogP contribution in [0.3, 0.4) is 0 Å². The van der Waals surface area contributed by atoms with E-state index >= 15 is 0 Å². The highest BCUT2D eigenvalue weighted by Gasteiger charge is 2.27. The number of aliphatic carboxylic acids is 1. The van der Waals surface area contributed by atoms with Crippen molar-refractivity contribution in [3.8, 4) is 0 Å². The lowest BCUT2D eigenvalue weighted by molar-refractivity contribution is -0.145. The van der Waals surface area contributed by atoms with Crippen molar-refractivity contribution in [1.82, 2.24) is 9.88 Å². The molecule has 3 rings (SSSR count). The summed E-state index contributed by atoms with van der Waals surface area (Å²) in [5.74, 6) is -1.13. The molecular formula is C17H20N2O3S. The van der Waals surface area contributed by atoms with Crippen molar-refractivity contribution in [1.29, 1.82) is 0 Å². The Morgan fingerprint density at radius 3 is 2.96 bits per heavy atom. The van der Waals surface area contributed by atoms with Gasteiger partial charge in [-0.3, -0.25) is 9.59 Å². The maximum Gasteiger partial charge on any atom is 0.308 e. The van der Waals surface area contributed by atoms with E-state index in [1.165, 1.54) is 4.70 Å². The molecule has 5 nitrogen and oxygen atoms in total. The Morgan fingerprint density at radius 2 is 2.17 bits per heavy atom. The van der Waals surface area contributed by atoms with Crippen molar-refractivity contribution in [2.75, 3.05) is 13.1 Å². The minimum Gasteiger partial charge on any atom is -0.481 e. The molecule has 1 fully saturated rings. The number of nitrogens with zero attached hydrogens (tertiary/aromatic N) is 2. The summed E-state index contributed by atoms with van der Waals surface area (Å²) in [5.41, 5.74) is 1.01. The first-order valence-electron chi connectivity index (χ1n) is 7.98. The number of para-hydroxylation sites is 1. The summed E-state index contributed by atoms with van der Waals surface area (Å²) < 4.78 is 1.18. The summed E-state index contributed by atoms with van der Waals surface area (Å²) in [6, 6.07) is 8.04. The van der Waals surface area contributed by atoms with Crippen LogP contribution in [0, 0.1) is 5.92 Å². The van der Waals surface area contributed by atoms with Crippen LogP contribution in [0.1, 0.15) is 30.7 Å². The van der Waals surface area contributed by atoms with E-state index in [0.29, 0.717) is 25.9 Å². The lowest BCUT2D eigenvalue weighted by atomic mass is 9.98. The highest BCUT2D eigenvalue weighted by Crippen LogP contribution is 2.23. The minimum atomic E-state index is -0.794. The zero-order chi connectivity index (χ0) is 16.2. The first-order chi connectivity index (χ1) is 11.1. The van der Waals surface area contributed by atoms with Gasteiger partial charge in [-0.05, 0) is 37.8 Å². The number of hydrogen-bond acceptors (Lipinski definition) is 4. The highest BCUT2D eigenvalue weighted by molar-refractivity contribution is 7.18. The molecule has 6 heteroatoms. The van der Waals surface area contributed by atoms with Crippen LogP contribution < -0.4 is 0 Å². The maximum atomic E-state index is 12.2. The summed E-state index contributed by atoms with van der Waals surface area (Å²) in [4.78, 5) is 29.6. The van der Waals surface area contributed by atoms with Gasteiger partial charge in [0.1, 0.15) is 0 Å². The zero-order valence-electron chi connectivity index (χ0n) is 12.9. The van der Waals surface area contributed by atoms with Crippen LogP contribution in [0.2, 0.25) is 0 Å². The monoisotopic (exact) mass is 332 g/mol. The van der Waals surface area contributed by atoms with E-state index < -0.39 is 11.9 Å². The molecule has 23 heavy (non-hydrogen) atoms. The molecule has 0 radical (unpaired) electrons. The molecule has 1 unspecified atom stereocenters. The zero-order valence-corrected chi connectivity index (χ0v) is 13.7. The van der Waals surface area contributed by atoms with Crippen LogP contribution in [0.25, 0.3) is 10.2 Å². The fraction of sp³-hybridized carbons (Fsp3) is 0.471. The molecular weight excluding hydrogens is 312 g/mol. The molecule has 1 aliphatic rings. The number of likely N-dealkylation sites (tertiary alicyclic amines) is 1. The third-order valence-electron chi connectivity index (χ3n) is 4.24. The Bertz CT molecular complexity index is 680. The van der Waals surface area contributed by atoms with E-state index in [9.17, 15) is 9.59 Å². The predicted octanol–water partition coefficient (Wildman–Crippen LogP) is 2.94. The van der Waals surface area contributed by atoms with Crippen molar-refractivity contribution in [2.24, 2.45) is 5.92 Å². The molecule has 0 spiro atoms. The van der Waals surface area contributed by atoms with Gasteiger partial charge in [-0.25, -0.2) is 4.98 Å². The van der Waals surface area contributed by atoms with Crippen LogP contribution in [-0.2, 0) is 16.0 Å². The standard InChI is InChI=1S/C17H20N2O3S/c20-16(19-10-4-5-12(11-19)17(21)22)9-3-8-15-18-13-6-1-2-7-14(13)23-15/h1-2,6-7,12H,3-5,8-11H2,(H,21,22). The van der Waals surface area contributed by atoms with Gasteiger partial charge in [-0.2, -0.15) is 0 Å². The lowest BCUT2D eigenvalue weighted by Gasteiger charge is -2.30. The highest BCUT2D eigenvalue weighted by atomic mass is 32.1. The van der Waals surface area contributed by atoms with Crippen molar-refractivity contribution < 1.29 is 14.7 Å². The van der Waals surface area contributed by atoms with Crippen LogP contribution in [0.5, 0.6) is 0 Å². The second-order valence-electron chi connectivity index (χ2n) is 5.95. The van der Waals surface area contributed by atoms with Gasteiger partial charge < -0.3 is 10.0 Å². The minimum absolute atomic E-state index is 0.0667. The molecule has 1 saturated heterocycles. The summed E-state index contributed by atoms with van der Waals surface area (Å²) in [7, 11) is 0. The summed E-state index contributed by atoms with van der Waals surface area (Å²) in [5, 5.41) is 10.1. The van der Waals surface area contributed by atoms with Gasteiger partial charge in [-0.1, -0.05) is 12.1 Å². The van der Waals surface area contributed by atoms with Crippen LogP contribution in [0.15, 0.2) is 24.3 Å². The molecule has 1 aliphatic heterocycles. The Kier molecular flexibility index (Phi) is 4.91. The van der Waals surface area contributed by atoms with Crippen LogP contribution in [0.4, 0.5) is 0 Å². The van der Waals surface area contributed by atoms with E-state index in [1.807, 2.05) is 18.2 Å². The number of fused-ring (bicyclic) bond motifs is 1. The van der Waals surface area contributed by atoms with Gasteiger partial charge in [0.25, 0.3) is 0 Å². The van der Waals surface area contributed by atoms with Gasteiger partial charge in [-0.15, -0.1) is 11.3 Å². The number of hydrogen-bond donors (Lipinski definition) is 1. The van der Waals surface area contributed by atoms with E-state index in [2.05, 4.69) is 11.1 Å². The number of aryl methyl sites for hydroxylation is 1. The summed E-state index contributed by atoms with van der Waals surface area (Å²) in [6.45, 7) is 1.04. The van der Waals surface area contributed by atoms with Gasteiger partial charge in [0, 0.05) is 19.5 Å². The van der Waals surface area contributed by atoms with Crippen molar-refractivity contribution in [3.05, 3.63) is 29.3 Å². The number of carboxylic acids is 1. The molecule has 122 valence electrons. The van der Waals surface area contributed by atoms with Crippen molar-refractivity contribution in [3.63, 3.8) is 0 Å². The number of thiazole rings is 1.